The zero-order valence-electron chi connectivity index (χ0n) is 4.91. The Labute approximate surface area is 47.8 Å². The molecule has 1 nitrogen and oxygen atoms in total. The van der Waals surface area contributed by atoms with Gasteiger partial charge in [-0.05, 0) is 19.6 Å². The molecule has 0 rings (SSSR count). The van der Waals surface area contributed by atoms with E-state index in [2.05, 4.69) is 19.6 Å². The van der Waals surface area contributed by atoms with Crippen LogP contribution < -0.4 is 0 Å². The van der Waals surface area contributed by atoms with Crippen molar-refractivity contribution in [2.75, 3.05) is 7.11 Å². The van der Waals surface area contributed by atoms with Gasteiger partial charge in [-0.2, -0.15) is 0 Å². The lowest BCUT2D eigenvalue weighted by atomic mass is 11.8. The van der Waals surface area contributed by atoms with Crippen molar-refractivity contribution in [1.29, 1.82) is 0 Å². The lowest BCUT2D eigenvalue weighted by Crippen LogP contribution is -2.22. The highest BCUT2D eigenvalue weighted by Gasteiger charge is 2.09. The van der Waals surface area contributed by atoms with Crippen LogP contribution in [0.1, 0.15) is 7.43 Å². The molecule has 0 bridgehead atoms. The predicted octanol–water partition coefficient (Wildman–Crippen LogP) is 2.10. The van der Waals surface area contributed by atoms with E-state index in [1.54, 1.807) is 7.11 Å². The van der Waals surface area contributed by atoms with Gasteiger partial charge in [0.15, 0.2) is 8.32 Å². The van der Waals surface area contributed by atoms with E-state index in [1.807, 2.05) is 0 Å². The van der Waals surface area contributed by atoms with E-state index in [0.29, 0.717) is 0 Å². The molecule has 46 valence electrons. The molecule has 0 aromatic heterocycles. The Balaban J connectivity index is 0. The lowest BCUT2D eigenvalue weighted by Gasteiger charge is -2.10. The van der Waals surface area contributed by atoms with Crippen molar-refractivity contribution in [2.45, 2.75) is 27.1 Å². The fraction of sp³-hybridized carbons (Fsp3) is 1.00. The number of hydrogen-bond acceptors (Lipinski definition) is 1. The molecule has 0 saturated heterocycles. The first-order chi connectivity index (χ1) is 2.56. The van der Waals surface area contributed by atoms with E-state index >= 15 is 0 Å². The third-order valence-corrected chi connectivity index (χ3v) is 1.84. The third-order valence-electron chi connectivity index (χ3n) is 0.612. The SMILES string of the molecule is C.CO[Si](C)(C)C. The van der Waals surface area contributed by atoms with Crippen LogP contribution in [-0.2, 0) is 4.43 Å². The summed E-state index contributed by atoms with van der Waals surface area (Å²) in [6.45, 7) is 6.48. The van der Waals surface area contributed by atoms with Crippen molar-refractivity contribution in [3.63, 3.8) is 0 Å². The second-order valence-corrected chi connectivity index (χ2v) is 6.95. The summed E-state index contributed by atoms with van der Waals surface area (Å²) in [7, 11) is 0.639. The molecule has 2 heteroatoms. The van der Waals surface area contributed by atoms with Gasteiger partial charge in [0.1, 0.15) is 0 Å². The second-order valence-electron chi connectivity index (χ2n) is 2.32. The van der Waals surface area contributed by atoms with Crippen molar-refractivity contribution >= 4 is 8.32 Å². The maximum absolute atomic E-state index is 5.08. The molecule has 7 heavy (non-hydrogen) atoms. The van der Waals surface area contributed by atoms with E-state index in [4.69, 9.17) is 4.43 Å². The summed E-state index contributed by atoms with van der Waals surface area (Å²) in [6, 6.07) is 0. The van der Waals surface area contributed by atoms with Crippen molar-refractivity contribution in [1.82, 2.24) is 0 Å². The molecule has 0 saturated carbocycles. The molecule has 0 spiro atoms. The summed E-state index contributed by atoms with van der Waals surface area (Å²) >= 11 is 0. The minimum Gasteiger partial charge on any atom is -0.421 e. The van der Waals surface area contributed by atoms with E-state index in [0.717, 1.165) is 0 Å². The Morgan fingerprint density at radius 1 is 1.14 bits per heavy atom. The van der Waals surface area contributed by atoms with Crippen LogP contribution in [0.4, 0.5) is 0 Å². The zero-order chi connectivity index (χ0) is 5.21. The Kier molecular flexibility index (Phi) is 4.69. The molecular weight excluding hydrogens is 104 g/mol. The molecule has 0 N–H and O–H groups in total. The van der Waals surface area contributed by atoms with Crippen molar-refractivity contribution in [2.24, 2.45) is 0 Å². The van der Waals surface area contributed by atoms with Crippen molar-refractivity contribution in [3.05, 3.63) is 0 Å². The summed E-state index contributed by atoms with van der Waals surface area (Å²) in [4.78, 5) is 0. The second kappa shape index (κ2) is 3.21. The summed E-state index contributed by atoms with van der Waals surface area (Å²) in [5.41, 5.74) is 0. The highest BCUT2D eigenvalue weighted by Crippen LogP contribution is 1.97. The molecule has 0 aromatic rings. The fourth-order valence-corrected chi connectivity index (χ4v) is 0. The molecule has 0 aliphatic heterocycles. The summed E-state index contributed by atoms with van der Waals surface area (Å²) < 4.78 is 5.08. The predicted molar refractivity (Wildman–Crippen MR) is 37.1 cm³/mol. The van der Waals surface area contributed by atoms with Crippen LogP contribution in [0.15, 0.2) is 0 Å². The van der Waals surface area contributed by atoms with Gasteiger partial charge in [-0.15, -0.1) is 0 Å². The average molecular weight is 120 g/mol. The molecule has 0 unspecified atom stereocenters. The van der Waals surface area contributed by atoms with Gasteiger partial charge in [-0.3, -0.25) is 0 Å². The molecule has 0 atom stereocenters. The molecule has 0 aliphatic carbocycles. The van der Waals surface area contributed by atoms with Gasteiger partial charge >= 0.3 is 0 Å². The minimum absolute atomic E-state index is 0. The van der Waals surface area contributed by atoms with Crippen molar-refractivity contribution < 1.29 is 4.43 Å². The summed E-state index contributed by atoms with van der Waals surface area (Å²) in [6.07, 6.45) is 0. The molecule has 0 aliphatic rings. The molecule has 0 aromatic carbocycles. The van der Waals surface area contributed by atoms with E-state index in [9.17, 15) is 0 Å². The van der Waals surface area contributed by atoms with Gasteiger partial charge in [-0.1, -0.05) is 7.43 Å². The molecule has 0 fully saturated rings. The Bertz CT molecular complexity index is 37.8. The van der Waals surface area contributed by atoms with Gasteiger partial charge in [0, 0.05) is 7.11 Å². The number of hydrogen-bond donors (Lipinski definition) is 0. The molecule has 0 radical (unpaired) electrons. The first-order valence-corrected chi connectivity index (χ1v) is 5.52. The quantitative estimate of drug-likeness (QED) is 0.481. The highest BCUT2D eigenvalue weighted by molar-refractivity contribution is 6.69. The van der Waals surface area contributed by atoms with Crippen molar-refractivity contribution in [3.8, 4) is 0 Å². The lowest BCUT2D eigenvalue weighted by molar-refractivity contribution is 0.411. The van der Waals surface area contributed by atoms with Gasteiger partial charge < -0.3 is 4.43 Å². The topological polar surface area (TPSA) is 9.23 Å². The standard InChI is InChI=1S/C4H12OSi.CH4/c1-5-6(2,3)4;/h1-4H3;1H4. The van der Waals surface area contributed by atoms with Gasteiger partial charge in [-0.25, -0.2) is 0 Å². The normalized spacial score (nSPS) is 10.3. The van der Waals surface area contributed by atoms with Gasteiger partial charge in [0.2, 0.25) is 0 Å². The van der Waals surface area contributed by atoms with Crippen LogP contribution >= 0.6 is 0 Å². The molecular formula is C5H16OSi. The maximum Gasteiger partial charge on any atom is 0.183 e. The Hall–Kier alpha value is 0.177. The summed E-state index contributed by atoms with van der Waals surface area (Å²) in [5.74, 6) is 0. The van der Waals surface area contributed by atoms with E-state index < -0.39 is 8.32 Å². The third kappa shape index (κ3) is 10.7. The van der Waals surface area contributed by atoms with E-state index in [-0.39, 0.29) is 7.43 Å². The zero-order valence-corrected chi connectivity index (χ0v) is 5.91. The van der Waals surface area contributed by atoms with Crippen LogP contribution in [0, 0.1) is 0 Å². The first kappa shape index (κ1) is 10.2. The highest BCUT2D eigenvalue weighted by atomic mass is 28.4. The van der Waals surface area contributed by atoms with Crippen LogP contribution in [-0.4, -0.2) is 15.4 Å². The molecule has 0 heterocycles. The summed E-state index contributed by atoms with van der Waals surface area (Å²) in [5, 5.41) is 0. The van der Waals surface area contributed by atoms with Crippen LogP contribution in [0.25, 0.3) is 0 Å². The molecule has 0 amide bonds. The van der Waals surface area contributed by atoms with Gasteiger partial charge in [0.05, 0.1) is 0 Å². The largest absolute Gasteiger partial charge is 0.421 e. The number of rotatable bonds is 1. The van der Waals surface area contributed by atoms with Crippen LogP contribution in [0.5, 0.6) is 0 Å². The first-order valence-electron chi connectivity index (χ1n) is 2.11. The minimum atomic E-state index is -1.13. The van der Waals surface area contributed by atoms with E-state index in [1.165, 1.54) is 0 Å². The Morgan fingerprint density at radius 3 is 1.29 bits per heavy atom. The fourth-order valence-electron chi connectivity index (χ4n) is 0. The van der Waals surface area contributed by atoms with Gasteiger partial charge in [0.25, 0.3) is 0 Å². The monoisotopic (exact) mass is 120 g/mol. The smallest absolute Gasteiger partial charge is 0.183 e. The Morgan fingerprint density at radius 2 is 1.29 bits per heavy atom. The maximum atomic E-state index is 5.08. The average Bonchev–Trinajstić information content (AvgIpc) is 1.35. The van der Waals surface area contributed by atoms with Crippen LogP contribution in [0.2, 0.25) is 19.6 Å². The van der Waals surface area contributed by atoms with Crippen LogP contribution in [0.3, 0.4) is 0 Å².